The zero-order valence-electron chi connectivity index (χ0n) is 13.3. The van der Waals surface area contributed by atoms with Gasteiger partial charge in [0.2, 0.25) is 0 Å². The highest BCUT2D eigenvalue weighted by Gasteiger charge is 2.42. The van der Waals surface area contributed by atoms with E-state index >= 15 is 0 Å². The maximum Gasteiger partial charge on any atom is 0.318 e. The van der Waals surface area contributed by atoms with Gasteiger partial charge in [-0.3, -0.25) is 0 Å². The van der Waals surface area contributed by atoms with Crippen LogP contribution in [0.2, 0.25) is 0 Å². The highest BCUT2D eigenvalue weighted by atomic mass is 16.5. The molecule has 4 heterocycles. The average molecular weight is 320 g/mol. The fourth-order valence-electron chi connectivity index (χ4n) is 3.88. The summed E-state index contributed by atoms with van der Waals surface area (Å²) in [7, 11) is 0. The molecule has 4 atom stereocenters. The van der Waals surface area contributed by atoms with Crippen LogP contribution in [0.3, 0.4) is 0 Å². The van der Waals surface area contributed by atoms with E-state index in [0.29, 0.717) is 19.2 Å². The lowest BCUT2D eigenvalue weighted by atomic mass is 9.96. The van der Waals surface area contributed by atoms with Gasteiger partial charge in [-0.2, -0.15) is 0 Å². The third kappa shape index (κ3) is 3.38. The summed E-state index contributed by atoms with van der Waals surface area (Å²) in [5, 5.41) is 3.16. The molecule has 0 saturated carbocycles. The van der Waals surface area contributed by atoms with Crippen molar-refractivity contribution in [2.75, 3.05) is 13.2 Å². The third-order valence-corrected chi connectivity index (χ3v) is 5.08. The molecule has 0 radical (unpaired) electrons. The van der Waals surface area contributed by atoms with E-state index in [2.05, 4.69) is 5.32 Å². The summed E-state index contributed by atoms with van der Waals surface area (Å²) in [6, 6.07) is 3.85. The number of hydrogen-bond donors (Lipinski definition) is 1. The molecule has 3 saturated heterocycles. The standard InChI is InChI=1S/C17H24N2O4/c20-17(18-15-9-12-5-6-16(15)23-12)19(10-13-3-1-7-21-13)11-14-4-2-8-22-14/h1,3,7,12,14-16H,2,4-6,8-11H2,(H,18,20)/t12-,14-,15+,16-/m1/s1. The molecule has 0 aromatic carbocycles. The lowest BCUT2D eigenvalue weighted by molar-refractivity contribution is 0.0748. The number of urea groups is 1. The molecule has 4 rings (SSSR count). The van der Waals surface area contributed by atoms with Crippen molar-refractivity contribution in [3.63, 3.8) is 0 Å². The predicted molar refractivity (Wildman–Crippen MR) is 82.9 cm³/mol. The van der Waals surface area contributed by atoms with Crippen LogP contribution in [0.25, 0.3) is 0 Å². The van der Waals surface area contributed by atoms with Crippen molar-refractivity contribution in [3.8, 4) is 0 Å². The monoisotopic (exact) mass is 320 g/mol. The fourth-order valence-corrected chi connectivity index (χ4v) is 3.88. The lowest BCUT2D eigenvalue weighted by Gasteiger charge is -2.28. The molecule has 3 aliphatic rings. The van der Waals surface area contributed by atoms with Crippen LogP contribution in [0.15, 0.2) is 22.8 Å². The molecule has 0 aliphatic carbocycles. The smallest absolute Gasteiger partial charge is 0.318 e. The van der Waals surface area contributed by atoms with E-state index in [1.807, 2.05) is 12.1 Å². The summed E-state index contributed by atoms with van der Waals surface area (Å²) >= 11 is 0. The Labute approximate surface area is 136 Å². The van der Waals surface area contributed by atoms with Crippen molar-refractivity contribution in [1.29, 1.82) is 0 Å². The minimum atomic E-state index is -0.0435. The van der Waals surface area contributed by atoms with E-state index in [9.17, 15) is 4.79 Å². The van der Waals surface area contributed by atoms with Crippen LogP contribution in [0.1, 0.15) is 37.9 Å². The highest BCUT2D eigenvalue weighted by Crippen LogP contribution is 2.34. The summed E-state index contributed by atoms with van der Waals surface area (Å²) in [5.74, 6) is 0.794. The molecule has 3 aliphatic heterocycles. The molecular formula is C17H24N2O4. The zero-order valence-corrected chi connectivity index (χ0v) is 13.3. The quantitative estimate of drug-likeness (QED) is 0.904. The number of furan rings is 1. The topological polar surface area (TPSA) is 63.9 Å². The Hall–Kier alpha value is -1.53. The number of rotatable bonds is 5. The third-order valence-electron chi connectivity index (χ3n) is 5.08. The van der Waals surface area contributed by atoms with Crippen molar-refractivity contribution in [1.82, 2.24) is 10.2 Å². The van der Waals surface area contributed by atoms with Crippen molar-refractivity contribution in [3.05, 3.63) is 24.2 Å². The minimum Gasteiger partial charge on any atom is -0.467 e. The molecular weight excluding hydrogens is 296 g/mol. The summed E-state index contributed by atoms with van der Waals surface area (Å²) in [6.07, 6.45) is 7.50. The first kappa shape index (κ1) is 15.0. The molecule has 1 aromatic heterocycles. The van der Waals surface area contributed by atoms with Gasteiger partial charge in [0.15, 0.2) is 0 Å². The molecule has 6 heteroatoms. The van der Waals surface area contributed by atoms with E-state index in [4.69, 9.17) is 13.9 Å². The van der Waals surface area contributed by atoms with E-state index < -0.39 is 0 Å². The van der Waals surface area contributed by atoms with E-state index in [-0.39, 0.29) is 24.3 Å². The van der Waals surface area contributed by atoms with Crippen LogP contribution in [0.4, 0.5) is 4.79 Å². The fraction of sp³-hybridized carbons (Fsp3) is 0.706. The molecule has 2 amide bonds. The second-order valence-corrected chi connectivity index (χ2v) is 6.76. The van der Waals surface area contributed by atoms with Crippen molar-refractivity contribution < 1.29 is 18.7 Å². The van der Waals surface area contributed by atoms with Crippen LogP contribution in [-0.2, 0) is 16.0 Å². The zero-order chi connectivity index (χ0) is 15.6. The lowest BCUT2D eigenvalue weighted by Crippen LogP contribution is -2.49. The Kier molecular flexibility index (Phi) is 4.27. The van der Waals surface area contributed by atoms with Gasteiger partial charge >= 0.3 is 6.03 Å². The van der Waals surface area contributed by atoms with Crippen LogP contribution in [-0.4, -0.2) is 48.4 Å². The number of hydrogen-bond acceptors (Lipinski definition) is 4. The Balaban J connectivity index is 1.39. The summed E-state index contributed by atoms with van der Waals surface area (Å²) in [6.45, 7) is 1.87. The highest BCUT2D eigenvalue weighted by molar-refractivity contribution is 5.74. The van der Waals surface area contributed by atoms with Crippen LogP contribution in [0.5, 0.6) is 0 Å². The molecule has 126 valence electrons. The second kappa shape index (κ2) is 6.53. The number of fused-ring (bicyclic) bond motifs is 2. The van der Waals surface area contributed by atoms with Crippen LogP contribution >= 0.6 is 0 Å². The van der Waals surface area contributed by atoms with Gasteiger partial charge in [0.25, 0.3) is 0 Å². The minimum absolute atomic E-state index is 0.0435. The Bertz CT molecular complexity index is 527. The largest absolute Gasteiger partial charge is 0.467 e. The van der Waals surface area contributed by atoms with Crippen LogP contribution in [0, 0.1) is 0 Å². The summed E-state index contributed by atoms with van der Waals surface area (Å²) < 4.78 is 16.9. The van der Waals surface area contributed by atoms with Gasteiger partial charge in [-0.15, -0.1) is 0 Å². The molecule has 0 unspecified atom stereocenters. The van der Waals surface area contributed by atoms with E-state index in [1.54, 1.807) is 11.2 Å². The molecule has 2 bridgehead atoms. The number of carbonyl (C=O) groups excluding carboxylic acids is 1. The van der Waals surface area contributed by atoms with Gasteiger partial charge in [-0.05, 0) is 44.2 Å². The molecule has 3 fully saturated rings. The van der Waals surface area contributed by atoms with Gasteiger partial charge < -0.3 is 24.1 Å². The Morgan fingerprint density at radius 2 is 2.30 bits per heavy atom. The van der Waals surface area contributed by atoms with Gasteiger partial charge in [0.1, 0.15) is 5.76 Å². The van der Waals surface area contributed by atoms with Gasteiger partial charge in [-0.25, -0.2) is 4.79 Å². The predicted octanol–water partition coefficient (Wildman–Crippen LogP) is 2.29. The number of nitrogens with zero attached hydrogens (tertiary/aromatic N) is 1. The Morgan fingerprint density at radius 1 is 1.35 bits per heavy atom. The molecule has 23 heavy (non-hydrogen) atoms. The van der Waals surface area contributed by atoms with Gasteiger partial charge in [0.05, 0.1) is 37.2 Å². The van der Waals surface area contributed by atoms with Gasteiger partial charge in [-0.1, -0.05) is 0 Å². The van der Waals surface area contributed by atoms with Crippen molar-refractivity contribution in [2.45, 2.75) is 63.0 Å². The van der Waals surface area contributed by atoms with Crippen molar-refractivity contribution >= 4 is 6.03 Å². The van der Waals surface area contributed by atoms with E-state index in [0.717, 1.165) is 44.5 Å². The molecule has 6 nitrogen and oxygen atoms in total. The first-order valence-corrected chi connectivity index (χ1v) is 8.63. The SMILES string of the molecule is O=C(N[C@H]1C[C@H]2CC[C@H]1O2)N(Cc1ccco1)C[C@H]1CCCO1. The van der Waals surface area contributed by atoms with E-state index in [1.165, 1.54) is 0 Å². The molecule has 1 N–H and O–H groups in total. The summed E-state index contributed by atoms with van der Waals surface area (Å²) in [4.78, 5) is 14.6. The first-order chi connectivity index (χ1) is 11.3. The molecule has 1 aromatic rings. The van der Waals surface area contributed by atoms with Gasteiger partial charge in [0, 0.05) is 13.2 Å². The van der Waals surface area contributed by atoms with Crippen LogP contribution < -0.4 is 5.32 Å². The second-order valence-electron chi connectivity index (χ2n) is 6.76. The first-order valence-electron chi connectivity index (χ1n) is 8.63. The number of nitrogens with one attached hydrogen (secondary N) is 1. The molecule has 0 spiro atoms. The number of carbonyl (C=O) groups is 1. The maximum absolute atomic E-state index is 12.8. The normalized spacial score (nSPS) is 32.3. The number of amides is 2. The maximum atomic E-state index is 12.8. The summed E-state index contributed by atoms with van der Waals surface area (Å²) in [5.41, 5.74) is 0. The Morgan fingerprint density at radius 3 is 2.96 bits per heavy atom. The van der Waals surface area contributed by atoms with Crippen molar-refractivity contribution in [2.24, 2.45) is 0 Å². The average Bonchev–Trinajstić information content (AvgIpc) is 3.32. The number of ether oxygens (including phenoxy) is 2.